The van der Waals surface area contributed by atoms with Crippen molar-refractivity contribution in [2.45, 2.75) is 46.1 Å². The van der Waals surface area contributed by atoms with Crippen molar-refractivity contribution in [1.82, 2.24) is 10.6 Å². The van der Waals surface area contributed by atoms with E-state index in [-0.39, 0.29) is 11.4 Å². The Morgan fingerprint density at radius 1 is 1.26 bits per heavy atom. The molecule has 3 nitrogen and oxygen atoms in total. The lowest BCUT2D eigenvalue weighted by atomic mass is 9.92. The van der Waals surface area contributed by atoms with Crippen LogP contribution in [0.15, 0.2) is 18.2 Å². The quantitative estimate of drug-likeness (QED) is 0.826. The topological polar surface area (TPSA) is 41.1 Å². The van der Waals surface area contributed by atoms with E-state index in [2.05, 4.69) is 56.5 Å². The molecule has 3 heteroatoms. The van der Waals surface area contributed by atoms with Crippen LogP contribution in [-0.4, -0.2) is 25.0 Å². The van der Waals surface area contributed by atoms with Gasteiger partial charge in [-0.05, 0) is 58.7 Å². The summed E-state index contributed by atoms with van der Waals surface area (Å²) in [6.07, 6.45) is 1.92. The number of nitrogens with one attached hydrogen (secondary N) is 2. The number of carbonyl (C=O) groups is 1. The minimum absolute atomic E-state index is 0.0495. The Morgan fingerprint density at radius 2 is 1.95 bits per heavy atom. The monoisotopic (exact) mass is 262 g/mol. The van der Waals surface area contributed by atoms with Crippen molar-refractivity contribution in [3.63, 3.8) is 0 Å². The van der Waals surface area contributed by atoms with E-state index in [1.807, 2.05) is 0 Å². The Kier molecular flexibility index (Phi) is 5.55. The first-order valence-electron chi connectivity index (χ1n) is 6.86. The van der Waals surface area contributed by atoms with Gasteiger partial charge in [-0.2, -0.15) is 0 Å². The molecular weight excluding hydrogens is 236 g/mol. The second-order valence-electron chi connectivity index (χ2n) is 5.89. The first kappa shape index (κ1) is 15.7. The third kappa shape index (κ3) is 5.43. The fourth-order valence-corrected chi connectivity index (χ4v) is 2.16. The first-order valence-corrected chi connectivity index (χ1v) is 6.86. The molecule has 0 spiro atoms. The number of benzene rings is 1. The molecule has 0 fully saturated rings. The maximum absolute atomic E-state index is 11.6. The van der Waals surface area contributed by atoms with E-state index in [4.69, 9.17) is 0 Å². The molecule has 0 unspecified atom stereocenters. The summed E-state index contributed by atoms with van der Waals surface area (Å²) in [6, 6.07) is 6.54. The summed E-state index contributed by atoms with van der Waals surface area (Å²) in [5, 5.41) is 5.93. The van der Waals surface area contributed by atoms with Gasteiger partial charge in [0.2, 0.25) is 5.91 Å². The van der Waals surface area contributed by atoms with Crippen LogP contribution in [-0.2, 0) is 11.2 Å². The zero-order chi connectivity index (χ0) is 14.5. The fourth-order valence-electron chi connectivity index (χ4n) is 2.16. The number of rotatable bonds is 6. The number of likely N-dealkylation sites (N-methyl/N-ethyl adjacent to an activating group) is 1. The molecule has 0 heterocycles. The van der Waals surface area contributed by atoms with Gasteiger partial charge in [0, 0.05) is 5.54 Å². The summed E-state index contributed by atoms with van der Waals surface area (Å²) in [5.41, 5.74) is 3.81. The molecule has 0 saturated heterocycles. The molecule has 19 heavy (non-hydrogen) atoms. The Hall–Kier alpha value is -1.35. The van der Waals surface area contributed by atoms with Gasteiger partial charge in [-0.3, -0.25) is 4.79 Å². The first-order chi connectivity index (χ1) is 8.84. The summed E-state index contributed by atoms with van der Waals surface area (Å²) in [4.78, 5) is 11.6. The average molecular weight is 262 g/mol. The Labute approximate surface area is 116 Å². The van der Waals surface area contributed by atoms with Gasteiger partial charge in [-0.1, -0.05) is 23.8 Å². The third-order valence-corrected chi connectivity index (χ3v) is 3.34. The lowest BCUT2D eigenvalue weighted by Crippen LogP contribution is -2.46. The van der Waals surface area contributed by atoms with E-state index in [0.717, 1.165) is 12.8 Å². The van der Waals surface area contributed by atoms with Crippen molar-refractivity contribution >= 4 is 5.91 Å². The highest BCUT2D eigenvalue weighted by molar-refractivity contribution is 5.78. The maximum atomic E-state index is 11.6. The molecule has 0 radical (unpaired) electrons. The molecule has 1 aromatic carbocycles. The Morgan fingerprint density at radius 3 is 2.58 bits per heavy atom. The van der Waals surface area contributed by atoms with Crippen LogP contribution in [0.4, 0.5) is 0 Å². The number of aryl methyl sites for hydroxylation is 3. The number of amides is 1. The van der Waals surface area contributed by atoms with Crippen LogP contribution in [0.5, 0.6) is 0 Å². The standard InChI is InChI=1S/C16H26N2O/c1-12-6-7-13(2)14(10-12)8-9-16(3,4)18-15(19)11-17-5/h6-7,10,17H,8-9,11H2,1-5H3,(H,18,19). The van der Waals surface area contributed by atoms with E-state index in [1.54, 1.807) is 7.05 Å². The summed E-state index contributed by atoms with van der Waals surface area (Å²) in [5.74, 6) is 0.0495. The normalized spacial score (nSPS) is 11.4. The van der Waals surface area contributed by atoms with Crippen LogP contribution in [0.2, 0.25) is 0 Å². The van der Waals surface area contributed by atoms with Crippen LogP contribution in [0, 0.1) is 13.8 Å². The molecule has 0 aliphatic carbocycles. The molecule has 0 atom stereocenters. The number of carbonyl (C=O) groups excluding carboxylic acids is 1. The molecular formula is C16H26N2O. The Bertz CT molecular complexity index is 438. The van der Waals surface area contributed by atoms with Gasteiger partial charge in [0.15, 0.2) is 0 Å². The SMILES string of the molecule is CNCC(=O)NC(C)(C)CCc1cc(C)ccc1C. The molecule has 0 bridgehead atoms. The van der Waals surface area contributed by atoms with Gasteiger partial charge in [-0.25, -0.2) is 0 Å². The van der Waals surface area contributed by atoms with E-state index in [1.165, 1.54) is 16.7 Å². The third-order valence-electron chi connectivity index (χ3n) is 3.34. The largest absolute Gasteiger partial charge is 0.350 e. The second kappa shape index (κ2) is 6.71. The van der Waals surface area contributed by atoms with E-state index >= 15 is 0 Å². The summed E-state index contributed by atoms with van der Waals surface area (Å²) < 4.78 is 0. The summed E-state index contributed by atoms with van der Waals surface area (Å²) >= 11 is 0. The van der Waals surface area contributed by atoms with Crippen molar-refractivity contribution in [3.05, 3.63) is 34.9 Å². The van der Waals surface area contributed by atoms with Gasteiger partial charge in [-0.15, -0.1) is 0 Å². The lowest BCUT2D eigenvalue weighted by molar-refractivity contribution is -0.121. The number of hydrogen-bond donors (Lipinski definition) is 2. The van der Waals surface area contributed by atoms with Crippen LogP contribution in [0.1, 0.15) is 37.0 Å². The summed E-state index contributed by atoms with van der Waals surface area (Å²) in [6.45, 7) is 8.77. The zero-order valence-electron chi connectivity index (χ0n) is 12.8. The van der Waals surface area contributed by atoms with Crippen molar-refractivity contribution in [2.24, 2.45) is 0 Å². The van der Waals surface area contributed by atoms with Gasteiger partial charge >= 0.3 is 0 Å². The van der Waals surface area contributed by atoms with E-state index < -0.39 is 0 Å². The molecule has 0 aliphatic rings. The highest BCUT2D eigenvalue weighted by Crippen LogP contribution is 2.17. The minimum atomic E-state index is -0.176. The molecule has 0 saturated carbocycles. The minimum Gasteiger partial charge on any atom is -0.350 e. The van der Waals surface area contributed by atoms with Gasteiger partial charge in [0.05, 0.1) is 6.54 Å². The smallest absolute Gasteiger partial charge is 0.234 e. The molecule has 1 rings (SSSR count). The number of hydrogen-bond acceptors (Lipinski definition) is 2. The fraction of sp³-hybridized carbons (Fsp3) is 0.562. The van der Waals surface area contributed by atoms with Crippen LogP contribution in [0.25, 0.3) is 0 Å². The van der Waals surface area contributed by atoms with Gasteiger partial charge < -0.3 is 10.6 Å². The molecule has 1 amide bonds. The van der Waals surface area contributed by atoms with Crippen molar-refractivity contribution < 1.29 is 4.79 Å². The predicted octanol–water partition coefficient (Wildman–Crippen LogP) is 2.35. The Balaban J connectivity index is 2.59. The van der Waals surface area contributed by atoms with Gasteiger partial charge in [0.1, 0.15) is 0 Å². The average Bonchev–Trinajstić information content (AvgIpc) is 2.30. The lowest BCUT2D eigenvalue weighted by Gasteiger charge is -2.26. The molecule has 0 aromatic heterocycles. The molecule has 2 N–H and O–H groups in total. The van der Waals surface area contributed by atoms with Crippen LogP contribution in [0.3, 0.4) is 0 Å². The maximum Gasteiger partial charge on any atom is 0.234 e. The van der Waals surface area contributed by atoms with E-state index in [0.29, 0.717) is 6.54 Å². The van der Waals surface area contributed by atoms with E-state index in [9.17, 15) is 4.79 Å². The van der Waals surface area contributed by atoms with Crippen molar-refractivity contribution in [3.8, 4) is 0 Å². The zero-order valence-corrected chi connectivity index (χ0v) is 12.8. The van der Waals surface area contributed by atoms with Crippen LogP contribution >= 0.6 is 0 Å². The molecule has 1 aromatic rings. The van der Waals surface area contributed by atoms with Crippen molar-refractivity contribution in [2.75, 3.05) is 13.6 Å². The van der Waals surface area contributed by atoms with Gasteiger partial charge in [0.25, 0.3) is 0 Å². The predicted molar refractivity (Wildman–Crippen MR) is 80.4 cm³/mol. The summed E-state index contributed by atoms with van der Waals surface area (Å²) in [7, 11) is 1.78. The molecule has 106 valence electrons. The second-order valence-corrected chi connectivity index (χ2v) is 5.89. The van der Waals surface area contributed by atoms with Crippen LogP contribution < -0.4 is 10.6 Å². The highest BCUT2D eigenvalue weighted by Gasteiger charge is 2.20. The highest BCUT2D eigenvalue weighted by atomic mass is 16.2. The molecule has 0 aliphatic heterocycles. The van der Waals surface area contributed by atoms with Crippen molar-refractivity contribution in [1.29, 1.82) is 0 Å².